The van der Waals surface area contributed by atoms with Crippen LogP contribution in [0.4, 0.5) is 0 Å². The van der Waals surface area contributed by atoms with Crippen LogP contribution in [-0.2, 0) is 4.84 Å². The number of aryl methyl sites for hydroxylation is 1. The average molecular weight is 219 g/mol. The lowest BCUT2D eigenvalue weighted by molar-refractivity contribution is 0.141. The Labute approximate surface area is 98.3 Å². The van der Waals surface area contributed by atoms with Gasteiger partial charge in [-0.2, -0.15) is 0 Å². The molecule has 1 aromatic rings. The van der Waals surface area contributed by atoms with Crippen molar-refractivity contribution in [2.45, 2.75) is 39.5 Å². The first-order chi connectivity index (χ1) is 7.84. The monoisotopic (exact) mass is 219 g/mol. The summed E-state index contributed by atoms with van der Waals surface area (Å²) in [6, 6.07) is 8.15. The minimum atomic E-state index is 0.725. The minimum Gasteiger partial charge on any atom is -0.396 e. The molecule has 1 aromatic carbocycles. The van der Waals surface area contributed by atoms with Gasteiger partial charge in [0, 0.05) is 0 Å². The van der Waals surface area contributed by atoms with Crippen LogP contribution in [0.5, 0.6) is 0 Å². The Hall–Kier alpha value is -1.31. The van der Waals surface area contributed by atoms with E-state index in [1.165, 1.54) is 24.8 Å². The van der Waals surface area contributed by atoms with Gasteiger partial charge in [0.2, 0.25) is 0 Å². The second-order valence-electron chi connectivity index (χ2n) is 3.98. The van der Waals surface area contributed by atoms with Gasteiger partial charge in [0.15, 0.2) is 0 Å². The standard InChI is InChI=1S/C14H21NO/c1-3-4-5-8-11-16-15-12-14-10-7-6-9-13(14)2/h6-7,9-10,12H,3-5,8,11H2,1-2H3. The van der Waals surface area contributed by atoms with Crippen LogP contribution in [0.3, 0.4) is 0 Å². The maximum atomic E-state index is 5.21. The Morgan fingerprint density at radius 1 is 1.19 bits per heavy atom. The summed E-state index contributed by atoms with van der Waals surface area (Å²) in [6.07, 6.45) is 6.65. The Balaban J connectivity index is 2.20. The van der Waals surface area contributed by atoms with Crippen molar-refractivity contribution in [3.8, 4) is 0 Å². The molecule has 0 bridgehead atoms. The number of unbranched alkanes of at least 4 members (excludes halogenated alkanes) is 3. The summed E-state index contributed by atoms with van der Waals surface area (Å²) < 4.78 is 0. The van der Waals surface area contributed by atoms with E-state index in [9.17, 15) is 0 Å². The molecule has 0 aromatic heterocycles. The van der Waals surface area contributed by atoms with Gasteiger partial charge in [-0.05, 0) is 30.9 Å². The highest BCUT2D eigenvalue weighted by atomic mass is 16.6. The molecule has 0 heterocycles. The predicted molar refractivity (Wildman–Crippen MR) is 68.9 cm³/mol. The summed E-state index contributed by atoms with van der Waals surface area (Å²) in [7, 11) is 0. The third kappa shape index (κ3) is 4.96. The molecule has 0 N–H and O–H groups in total. The molecule has 16 heavy (non-hydrogen) atoms. The fraction of sp³-hybridized carbons (Fsp3) is 0.500. The van der Waals surface area contributed by atoms with Crippen molar-refractivity contribution >= 4 is 6.21 Å². The number of hydrogen-bond donors (Lipinski definition) is 0. The fourth-order valence-corrected chi connectivity index (χ4v) is 1.47. The highest BCUT2D eigenvalue weighted by Crippen LogP contribution is 2.04. The highest BCUT2D eigenvalue weighted by molar-refractivity contribution is 5.80. The zero-order valence-corrected chi connectivity index (χ0v) is 10.3. The first-order valence-corrected chi connectivity index (χ1v) is 6.05. The van der Waals surface area contributed by atoms with E-state index in [-0.39, 0.29) is 0 Å². The van der Waals surface area contributed by atoms with Gasteiger partial charge in [-0.25, -0.2) is 0 Å². The number of benzene rings is 1. The molecule has 0 amide bonds. The summed E-state index contributed by atoms with van der Waals surface area (Å²) in [5, 5.41) is 3.98. The van der Waals surface area contributed by atoms with Crippen molar-refractivity contribution in [1.29, 1.82) is 0 Å². The first kappa shape index (κ1) is 12.8. The SMILES string of the molecule is CCCCCCON=Cc1ccccc1C. The third-order valence-corrected chi connectivity index (χ3v) is 2.54. The summed E-state index contributed by atoms with van der Waals surface area (Å²) in [5.74, 6) is 0. The maximum Gasteiger partial charge on any atom is 0.117 e. The lowest BCUT2D eigenvalue weighted by atomic mass is 10.1. The van der Waals surface area contributed by atoms with Gasteiger partial charge < -0.3 is 4.84 Å². The third-order valence-electron chi connectivity index (χ3n) is 2.54. The molecule has 2 nitrogen and oxygen atoms in total. The largest absolute Gasteiger partial charge is 0.396 e. The molecule has 0 aliphatic carbocycles. The molecule has 0 fully saturated rings. The van der Waals surface area contributed by atoms with Crippen LogP contribution in [0, 0.1) is 6.92 Å². The minimum absolute atomic E-state index is 0.725. The van der Waals surface area contributed by atoms with E-state index in [1.807, 2.05) is 18.2 Å². The lowest BCUT2D eigenvalue weighted by Crippen LogP contribution is -1.91. The summed E-state index contributed by atoms with van der Waals surface area (Å²) in [4.78, 5) is 5.21. The number of oxime groups is 1. The van der Waals surface area contributed by atoms with Gasteiger partial charge in [-0.3, -0.25) is 0 Å². The van der Waals surface area contributed by atoms with Crippen LogP contribution in [0.15, 0.2) is 29.4 Å². The van der Waals surface area contributed by atoms with E-state index in [0.29, 0.717) is 0 Å². The van der Waals surface area contributed by atoms with Crippen molar-refractivity contribution in [3.05, 3.63) is 35.4 Å². The zero-order valence-electron chi connectivity index (χ0n) is 10.3. The van der Waals surface area contributed by atoms with Gasteiger partial charge in [-0.1, -0.05) is 49.2 Å². The van der Waals surface area contributed by atoms with Crippen molar-refractivity contribution in [2.24, 2.45) is 5.16 Å². The molecule has 2 heteroatoms. The quantitative estimate of drug-likeness (QED) is 0.387. The number of rotatable bonds is 7. The topological polar surface area (TPSA) is 21.6 Å². The van der Waals surface area contributed by atoms with Crippen molar-refractivity contribution in [2.75, 3.05) is 6.61 Å². The van der Waals surface area contributed by atoms with Crippen molar-refractivity contribution < 1.29 is 4.84 Å². The molecule has 0 unspecified atom stereocenters. The van der Waals surface area contributed by atoms with Crippen molar-refractivity contribution in [1.82, 2.24) is 0 Å². The van der Waals surface area contributed by atoms with E-state index in [1.54, 1.807) is 6.21 Å². The molecule has 0 aliphatic rings. The van der Waals surface area contributed by atoms with E-state index in [2.05, 4.69) is 25.1 Å². The van der Waals surface area contributed by atoms with Gasteiger partial charge in [0.05, 0.1) is 6.21 Å². The molecule has 0 saturated heterocycles. The molecule has 0 atom stereocenters. The van der Waals surface area contributed by atoms with Crippen LogP contribution in [0.2, 0.25) is 0 Å². The number of hydrogen-bond acceptors (Lipinski definition) is 2. The summed E-state index contributed by atoms with van der Waals surface area (Å²) >= 11 is 0. The van der Waals surface area contributed by atoms with Gasteiger partial charge in [0.1, 0.15) is 6.61 Å². The summed E-state index contributed by atoms with van der Waals surface area (Å²) in [5.41, 5.74) is 2.34. The molecule has 0 saturated carbocycles. The van der Waals surface area contributed by atoms with E-state index >= 15 is 0 Å². The smallest absolute Gasteiger partial charge is 0.117 e. The van der Waals surface area contributed by atoms with Crippen LogP contribution >= 0.6 is 0 Å². The van der Waals surface area contributed by atoms with Crippen LogP contribution in [0.25, 0.3) is 0 Å². The second-order valence-corrected chi connectivity index (χ2v) is 3.98. The summed E-state index contributed by atoms with van der Waals surface area (Å²) in [6.45, 7) is 5.00. The number of nitrogens with zero attached hydrogens (tertiary/aromatic N) is 1. The van der Waals surface area contributed by atoms with E-state index < -0.39 is 0 Å². The highest BCUT2D eigenvalue weighted by Gasteiger charge is 1.92. The predicted octanol–water partition coefficient (Wildman–Crippen LogP) is 3.93. The molecule has 0 radical (unpaired) electrons. The Kier molecular flexibility index (Phi) is 6.31. The molecular weight excluding hydrogens is 198 g/mol. The molecule has 88 valence electrons. The van der Waals surface area contributed by atoms with E-state index in [0.717, 1.165) is 18.6 Å². The zero-order chi connectivity index (χ0) is 11.6. The average Bonchev–Trinajstić information content (AvgIpc) is 2.30. The van der Waals surface area contributed by atoms with Crippen molar-refractivity contribution in [3.63, 3.8) is 0 Å². The van der Waals surface area contributed by atoms with Gasteiger partial charge >= 0.3 is 0 Å². The first-order valence-electron chi connectivity index (χ1n) is 6.05. The van der Waals surface area contributed by atoms with Gasteiger partial charge in [-0.15, -0.1) is 0 Å². The molecule has 0 spiro atoms. The second kappa shape index (κ2) is 7.91. The Morgan fingerprint density at radius 3 is 2.75 bits per heavy atom. The normalized spacial score (nSPS) is 10.9. The van der Waals surface area contributed by atoms with Crippen LogP contribution in [0.1, 0.15) is 43.7 Å². The lowest BCUT2D eigenvalue weighted by Gasteiger charge is -2.00. The van der Waals surface area contributed by atoms with E-state index in [4.69, 9.17) is 4.84 Å². The maximum absolute atomic E-state index is 5.21. The van der Waals surface area contributed by atoms with Crippen LogP contribution < -0.4 is 0 Å². The Morgan fingerprint density at radius 2 is 2.00 bits per heavy atom. The molecule has 0 aliphatic heterocycles. The molecule has 1 rings (SSSR count). The Bertz CT molecular complexity index is 320. The van der Waals surface area contributed by atoms with Gasteiger partial charge in [0.25, 0.3) is 0 Å². The van der Waals surface area contributed by atoms with Crippen LogP contribution in [-0.4, -0.2) is 12.8 Å². The molecular formula is C14H21NO. The fourth-order valence-electron chi connectivity index (χ4n) is 1.47.